The molecule has 0 saturated heterocycles. The van der Waals surface area contributed by atoms with Crippen LogP contribution < -0.4 is 4.74 Å². The summed E-state index contributed by atoms with van der Waals surface area (Å²) < 4.78 is 5.25. The molecule has 0 aliphatic heterocycles. The number of halogens is 2. The Kier molecular flexibility index (Phi) is 3.98. The zero-order valence-corrected chi connectivity index (χ0v) is 11.5. The Morgan fingerprint density at radius 1 is 1.11 bits per heavy atom. The first-order chi connectivity index (χ1) is 9.01. The molecule has 0 heterocycles. The zero-order valence-electron chi connectivity index (χ0n) is 9.98. The topological polar surface area (TPSA) is 46.5 Å². The van der Waals surface area contributed by atoms with Crippen molar-refractivity contribution in [1.82, 2.24) is 0 Å². The number of hydrogen-bond acceptors (Lipinski definition) is 2. The second-order valence-electron chi connectivity index (χ2n) is 3.88. The van der Waals surface area contributed by atoms with Crippen molar-refractivity contribution in [2.24, 2.45) is 0 Å². The highest BCUT2D eigenvalue weighted by Crippen LogP contribution is 2.34. The Labute approximate surface area is 120 Å². The lowest BCUT2D eigenvalue weighted by molar-refractivity contribution is 0.0697. The van der Waals surface area contributed by atoms with E-state index in [-0.39, 0.29) is 5.56 Å². The Morgan fingerprint density at radius 3 is 2.47 bits per heavy atom. The first-order valence-corrected chi connectivity index (χ1v) is 6.14. The summed E-state index contributed by atoms with van der Waals surface area (Å²) in [4.78, 5) is 11.0. The van der Waals surface area contributed by atoms with Gasteiger partial charge in [-0.1, -0.05) is 23.2 Å². The van der Waals surface area contributed by atoms with Crippen molar-refractivity contribution >= 4 is 29.2 Å². The molecule has 0 saturated carbocycles. The highest BCUT2D eigenvalue weighted by molar-refractivity contribution is 6.31. The third kappa shape index (κ3) is 3.00. The van der Waals surface area contributed by atoms with Crippen molar-refractivity contribution in [3.8, 4) is 16.9 Å². The number of methoxy groups -OCH3 is 1. The SMILES string of the molecule is COc1cc(Cl)ccc1-c1cc(Cl)cc(C(=O)O)c1. The average molecular weight is 297 g/mol. The number of hydrogen-bond donors (Lipinski definition) is 1. The summed E-state index contributed by atoms with van der Waals surface area (Å²) >= 11 is 11.8. The van der Waals surface area contributed by atoms with E-state index in [9.17, 15) is 4.79 Å². The molecule has 5 heteroatoms. The second-order valence-corrected chi connectivity index (χ2v) is 4.75. The van der Waals surface area contributed by atoms with Crippen LogP contribution in [0, 0.1) is 0 Å². The van der Waals surface area contributed by atoms with E-state index in [1.807, 2.05) is 0 Å². The molecule has 3 nitrogen and oxygen atoms in total. The van der Waals surface area contributed by atoms with Gasteiger partial charge in [-0.15, -0.1) is 0 Å². The lowest BCUT2D eigenvalue weighted by Gasteiger charge is -2.10. The zero-order chi connectivity index (χ0) is 14.0. The maximum atomic E-state index is 11.0. The van der Waals surface area contributed by atoms with Crippen LogP contribution in [-0.4, -0.2) is 18.2 Å². The average Bonchev–Trinajstić information content (AvgIpc) is 2.37. The third-order valence-corrected chi connectivity index (χ3v) is 3.07. The van der Waals surface area contributed by atoms with Crippen LogP contribution >= 0.6 is 23.2 Å². The number of carboxylic acid groups (broad SMARTS) is 1. The minimum absolute atomic E-state index is 0.125. The molecule has 0 bridgehead atoms. The van der Waals surface area contributed by atoms with Crippen LogP contribution in [0.25, 0.3) is 11.1 Å². The van der Waals surface area contributed by atoms with Gasteiger partial charge < -0.3 is 9.84 Å². The molecule has 0 amide bonds. The smallest absolute Gasteiger partial charge is 0.335 e. The van der Waals surface area contributed by atoms with Crippen LogP contribution in [0.1, 0.15) is 10.4 Å². The summed E-state index contributed by atoms with van der Waals surface area (Å²) in [7, 11) is 1.53. The number of rotatable bonds is 3. The van der Waals surface area contributed by atoms with Gasteiger partial charge in [-0.25, -0.2) is 4.79 Å². The van der Waals surface area contributed by atoms with E-state index in [2.05, 4.69) is 0 Å². The van der Waals surface area contributed by atoms with Gasteiger partial charge in [-0.2, -0.15) is 0 Å². The Bertz CT molecular complexity index is 639. The molecule has 19 heavy (non-hydrogen) atoms. The van der Waals surface area contributed by atoms with E-state index in [0.29, 0.717) is 21.4 Å². The van der Waals surface area contributed by atoms with Gasteiger partial charge in [0.15, 0.2) is 0 Å². The van der Waals surface area contributed by atoms with E-state index in [4.69, 9.17) is 33.0 Å². The fourth-order valence-electron chi connectivity index (χ4n) is 1.77. The van der Waals surface area contributed by atoms with Crippen molar-refractivity contribution in [2.75, 3.05) is 7.11 Å². The molecule has 0 spiro atoms. The van der Waals surface area contributed by atoms with E-state index in [0.717, 1.165) is 5.56 Å². The lowest BCUT2D eigenvalue weighted by atomic mass is 10.0. The highest BCUT2D eigenvalue weighted by Gasteiger charge is 2.11. The number of aromatic carboxylic acids is 1. The molecular formula is C14H10Cl2O3. The first kappa shape index (κ1) is 13.7. The summed E-state index contributed by atoms with van der Waals surface area (Å²) in [5, 5.41) is 9.94. The predicted octanol–water partition coefficient (Wildman–Crippen LogP) is 4.37. The Morgan fingerprint density at radius 2 is 1.84 bits per heavy atom. The largest absolute Gasteiger partial charge is 0.496 e. The first-order valence-electron chi connectivity index (χ1n) is 5.39. The van der Waals surface area contributed by atoms with Gasteiger partial charge in [0, 0.05) is 15.6 Å². The number of carboxylic acids is 1. The van der Waals surface area contributed by atoms with Gasteiger partial charge in [-0.3, -0.25) is 0 Å². The second kappa shape index (κ2) is 5.51. The van der Waals surface area contributed by atoms with Crippen molar-refractivity contribution in [3.05, 3.63) is 52.0 Å². The molecule has 1 N–H and O–H groups in total. The van der Waals surface area contributed by atoms with Gasteiger partial charge >= 0.3 is 5.97 Å². The molecule has 98 valence electrons. The van der Waals surface area contributed by atoms with Crippen molar-refractivity contribution in [2.45, 2.75) is 0 Å². The van der Waals surface area contributed by atoms with Gasteiger partial charge in [0.05, 0.1) is 12.7 Å². The van der Waals surface area contributed by atoms with Crippen LogP contribution in [0.15, 0.2) is 36.4 Å². The van der Waals surface area contributed by atoms with Gasteiger partial charge in [0.1, 0.15) is 5.75 Å². The van der Waals surface area contributed by atoms with Crippen LogP contribution in [0.3, 0.4) is 0 Å². The summed E-state index contributed by atoms with van der Waals surface area (Å²) in [6, 6.07) is 9.76. The quantitative estimate of drug-likeness (QED) is 0.915. The van der Waals surface area contributed by atoms with E-state index < -0.39 is 5.97 Å². The van der Waals surface area contributed by atoms with Gasteiger partial charge in [-0.05, 0) is 42.0 Å². The van der Waals surface area contributed by atoms with E-state index in [1.54, 1.807) is 30.3 Å². The monoisotopic (exact) mass is 296 g/mol. The lowest BCUT2D eigenvalue weighted by Crippen LogP contribution is -1.97. The maximum Gasteiger partial charge on any atom is 0.335 e. The summed E-state index contributed by atoms with van der Waals surface area (Å²) in [5.74, 6) is -0.470. The summed E-state index contributed by atoms with van der Waals surface area (Å²) in [6.45, 7) is 0. The third-order valence-electron chi connectivity index (χ3n) is 2.62. The minimum atomic E-state index is -1.03. The van der Waals surface area contributed by atoms with Crippen LogP contribution in [0.2, 0.25) is 10.0 Å². The molecular weight excluding hydrogens is 287 g/mol. The number of ether oxygens (including phenoxy) is 1. The Hall–Kier alpha value is -1.71. The van der Waals surface area contributed by atoms with Gasteiger partial charge in [0.25, 0.3) is 0 Å². The molecule has 2 rings (SSSR count). The molecule has 2 aromatic carbocycles. The molecule has 0 unspecified atom stereocenters. The Balaban J connectivity index is 2.61. The van der Waals surface area contributed by atoms with Crippen LogP contribution in [-0.2, 0) is 0 Å². The van der Waals surface area contributed by atoms with E-state index in [1.165, 1.54) is 13.2 Å². The summed E-state index contributed by atoms with van der Waals surface area (Å²) in [5.41, 5.74) is 1.52. The maximum absolute atomic E-state index is 11.0. The minimum Gasteiger partial charge on any atom is -0.496 e. The fourth-order valence-corrected chi connectivity index (χ4v) is 2.17. The molecule has 2 aromatic rings. The fraction of sp³-hybridized carbons (Fsp3) is 0.0714. The molecule has 0 aliphatic carbocycles. The highest BCUT2D eigenvalue weighted by atomic mass is 35.5. The number of benzene rings is 2. The summed E-state index contributed by atoms with van der Waals surface area (Å²) in [6.07, 6.45) is 0. The molecule has 0 radical (unpaired) electrons. The standard InChI is InChI=1S/C14H10Cl2O3/c1-19-13-7-10(15)2-3-12(13)8-4-9(14(17)18)6-11(16)5-8/h2-7H,1H3,(H,17,18). The van der Waals surface area contributed by atoms with Gasteiger partial charge in [0.2, 0.25) is 0 Å². The van der Waals surface area contributed by atoms with Crippen molar-refractivity contribution < 1.29 is 14.6 Å². The van der Waals surface area contributed by atoms with Crippen molar-refractivity contribution in [3.63, 3.8) is 0 Å². The van der Waals surface area contributed by atoms with Crippen LogP contribution in [0.5, 0.6) is 5.75 Å². The van der Waals surface area contributed by atoms with E-state index >= 15 is 0 Å². The normalized spacial score (nSPS) is 10.3. The molecule has 0 aliphatic rings. The predicted molar refractivity (Wildman–Crippen MR) is 75.4 cm³/mol. The number of carbonyl (C=O) groups is 1. The molecule has 0 aromatic heterocycles. The molecule has 0 fully saturated rings. The van der Waals surface area contributed by atoms with Crippen molar-refractivity contribution in [1.29, 1.82) is 0 Å². The molecule has 0 atom stereocenters. The van der Waals surface area contributed by atoms with Crippen LogP contribution in [0.4, 0.5) is 0 Å².